The minimum absolute atomic E-state index is 0.0775. The number of benzene rings is 3. The summed E-state index contributed by atoms with van der Waals surface area (Å²) in [5, 5.41) is 0.645. The van der Waals surface area contributed by atoms with Crippen LogP contribution in [-0.4, -0.2) is 47.3 Å². The molecule has 0 atom stereocenters. The highest BCUT2D eigenvalue weighted by molar-refractivity contribution is 6.30. The van der Waals surface area contributed by atoms with Crippen LogP contribution < -0.4 is 10.4 Å². The Morgan fingerprint density at radius 2 is 1.83 bits per heavy atom. The highest BCUT2D eigenvalue weighted by Crippen LogP contribution is 2.39. The van der Waals surface area contributed by atoms with Crippen LogP contribution in [0.5, 0.6) is 5.75 Å². The van der Waals surface area contributed by atoms with Crippen molar-refractivity contribution in [1.29, 1.82) is 0 Å². The van der Waals surface area contributed by atoms with Crippen LogP contribution in [0, 0.1) is 0 Å². The van der Waals surface area contributed by atoms with Crippen molar-refractivity contribution in [3.8, 4) is 5.75 Å². The quantitative estimate of drug-likeness (QED) is 0.449. The third-order valence-corrected chi connectivity index (χ3v) is 7.01. The van der Waals surface area contributed by atoms with E-state index in [4.69, 9.17) is 21.1 Å². The van der Waals surface area contributed by atoms with Gasteiger partial charge in [-0.05, 0) is 58.7 Å². The highest BCUT2D eigenvalue weighted by Gasteiger charge is 2.20. The van der Waals surface area contributed by atoms with Gasteiger partial charge in [0.1, 0.15) is 12.4 Å². The Kier molecular flexibility index (Phi) is 5.94. The van der Waals surface area contributed by atoms with Gasteiger partial charge in [-0.15, -0.1) is 0 Å². The smallest absolute Gasteiger partial charge is 0.326 e. The molecule has 1 aromatic heterocycles. The molecule has 0 amide bonds. The fourth-order valence-electron chi connectivity index (χ4n) is 4.93. The lowest BCUT2D eigenvalue weighted by Crippen LogP contribution is -2.39. The molecule has 2 aliphatic heterocycles. The number of hydrogen-bond acceptors (Lipinski definition) is 4. The van der Waals surface area contributed by atoms with E-state index in [-0.39, 0.29) is 5.69 Å². The summed E-state index contributed by atoms with van der Waals surface area (Å²) in [6, 6.07) is 20.2. The average molecular weight is 488 g/mol. The third-order valence-electron chi connectivity index (χ3n) is 6.78. The van der Waals surface area contributed by atoms with E-state index < -0.39 is 0 Å². The molecule has 178 valence electrons. The van der Waals surface area contributed by atoms with Gasteiger partial charge >= 0.3 is 5.69 Å². The first-order valence-electron chi connectivity index (χ1n) is 11.9. The van der Waals surface area contributed by atoms with Gasteiger partial charge in [0.15, 0.2) is 0 Å². The van der Waals surface area contributed by atoms with Gasteiger partial charge in [0.2, 0.25) is 0 Å². The second kappa shape index (κ2) is 9.38. The Morgan fingerprint density at radius 1 is 0.971 bits per heavy atom. The van der Waals surface area contributed by atoms with Crippen LogP contribution in [-0.2, 0) is 17.9 Å². The van der Waals surface area contributed by atoms with Crippen LogP contribution in [0.2, 0.25) is 5.02 Å². The van der Waals surface area contributed by atoms with E-state index in [1.54, 1.807) is 0 Å². The van der Waals surface area contributed by atoms with Gasteiger partial charge in [-0.25, -0.2) is 4.79 Å². The number of ether oxygens (including phenoxy) is 2. The molecule has 4 aromatic rings. The predicted octanol–water partition coefficient (Wildman–Crippen LogP) is 4.80. The summed E-state index contributed by atoms with van der Waals surface area (Å²) < 4.78 is 13.4. The number of fused-ring (bicyclic) bond motifs is 3. The number of hydrogen-bond donors (Lipinski definition) is 1. The molecule has 1 N–H and O–H groups in total. The van der Waals surface area contributed by atoms with E-state index in [0.29, 0.717) is 18.2 Å². The topological polar surface area (TPSA) is 59.5 Å². The molecule has 2 aliphatic rings. The van der Waals surface area contributed by atoms with Gasteiger partial charge < -0.3 is 14.5 Å². The number of halogens is 1. The van der Waals surface area contributed by atoms with Crippen LogP contribution in [0.4, 0.5) is 0 Å². The molecule has 0 saturated carbocycles. The molecule has 0 radical (unpaired) electrons. The van der Waals surface area contributed by atoms with Gasteiger partial charge in [0.05, 0.1) is 24.2 Å². The fourth-order valence-corrected chi connectivity index (χ4v) is 5.09. The summed E-state index contributed by atoms with van der Waals surface area (Å²) in [6.07, 6.45) is 2.16. The number of aromatic nitrogens is 2. The molecular weight excluding hydrogens is 462 g/mol. The van der Waals surface area contributed by atoms with Crippen molar-refractivity contribution in [3.05, 3.63) is 98.4 Å². The molecule has 0 unspecified atom stereocenters. The Morgan fingerprint density at radius 3 is 2.71 bits per heavy atom. The Labute approximate surface area is 208 Å². The van der Waals surface area contributed by atoms with Gasteiger partial charge in [-0.3, -0.25) is 9.47 Å². The fraction of sp³-hybridized carbons (Fsp3) is 0.250. The van der Waals surface area contributed by atoms with Crippen LogP contribution in [0.25, 0.3) is 22.7 Å². The summed E-state index contributed by atoms with van der Waals surface area (Å²) in [5.41, 5.74) is 7.00. The van der Waals surface area contributed by atoms with Gasteiger partial charge in [0.25, 0.3) is 0 Å². The standard InChI is InChI=1S/C28H26ClN3O3/c29-21-6-7-23-24(22-4-2-1-3-20(22)18-35-27(23)17-21)15-19-5-8-26-25(16-19)30-28(33)32(26)10-9-31-11-13-34-14-12-31/h1-8,15-17H,9-14,18H2,(H,30,33). The van der Waals surface area contributed by atoms with Crippen molar-refractivity contribution in [2.45, 2.75) is 13.2 Å². The van der Waals surface area contributed by atoms with E-state index in [9.17, 15) is 4.79 Å². The van der Waals surface area contributed by atoms with Crippen molar-refractivity contribution >= 4 is 34.3 Å². The maximum absolute atomic E-state index is 12.7. The molecule has 0 spiro atoms. The van der Waals surface area contributed by atoms with E-state index in [1.807, 2.05) is 47.0 Å². The summed E-state index contributed by atoms with van der Waals surface area (Å²) in [5.74, 6) is 0.767. The van der Waals surface area contributed by atoms with E-state index in [0.717, 1.165) is 77.5 Å². The first-order valence-corrected chi connectivity index (χ1v) is 12.3. The molecule has 7 heteroatoms. The van der Waals surface area contributed by atoms with E-state index >= 15 is 0 Å². The lowest BCUT2D eigenvalue weighted by molar-refractivity contribution is 0.0364. The SMILES string of the molecule is O=c1[nH]c2cc(C=C3c4ccccc4COc4cc(Cl)ccc43)ccc2n1CCN1CCOCC1. The molecule has 6 rings (SSSR count). The van der Waals surface area contributed by atoms with Crippen LogP contribution in [0.15, 0.2) is 65.5 Å². The Hall–Kier alpha value is -3.32. The normalized spacial score (nSPS) is 17.1. The maximum Gasteiger partial charge on any atom is 0.326 e. The predicted molar refractivity (Wildman–Crippen MR) is 139 cm³/mol. The van der Waals surface area contributed by atoms with Crippen LogP contribution >= 0.6 is 11.6 Å². The zero-order valence-electron chi connectivity index (χ0n) is 19.3. The summed E-state index contributed by atoms with van der Waals surface area (Å²) in [7, 11) is 0. The molecule has 3 aromatic carbocycles. The highest BCUT2D eigenvalue weighted by atomic mass is 35.5. The number of H-pyrrole nitrogens is 1. The molecular formula is C28H26ClN3O3. The summed E-state index contributed by atoms with van der Waals surface area (Å²) in [4.78, 5) is 18.1. The van der Waals surface area contributed by atoms with Crippen molar-refractivity contribution in [3.63, 3.8) is 0 Å². The molecule has 0 bridgehead atoms. The van der Waals surface area contributed by atoms with Crippen molar-refractivity contribution in [1.82, 2.24) is 14.5 Å². The maximum atomic E-state index is 12.7. The summed E-state index contributed by atoms with van der Waals surface area (Å²) in [6.45, 7) is 5.30. The monoisotopic (exact) mass is 487 g/mol. The second-order valence-corrected chi connectivity index (χ2v) is 9.39. The number of morpholine rings is 1. The van der Waals surface area contributed by atoms with Gasteiger partial charge in [-0.1, -0.05) is 41.9 Å². The molecule has 35 heavy (non-hydrogen) atoms. The van der Waals surface area contributed by atoms with Crippen molar-refractivity contribution in [2.24, 2.45) is 0 Å². The number of aromatic amines is 1. The first-order chi connectivity index (χ1) is 17.2. The van der Waals surface area contributed by atoms with E-state index in [1.165, 1.54) is 0 Å². The van der Waals surface area contributed by atoms with E-state index in [2.05, 4.69) is 34.2 Å². The number of imidazole rings is 1. The van der Waals surface area contributed by atoms with Gasteiger partial charge in [-0.2, -0.15) is 0 Å². The first kappa shape index (κ1) is 22.2. The number of nitrogens with one attached hydrogen (secondary N) is 1. The summed E-state index contributed by atoms with van der Waals surface area (Å²) >= 11 is 6.26. The molecule has 1 saturated heterocycles. The number of rotatable bonds is 4. The largest absolute Gasteiger partial charge is 0.488 e. The molecule has 6 nitrogen and oxygen atoms in total. The Bertz CT molecular complexity index is 1480. The van der Waals surface area contributed by atoms with Crippen LogP contribution in [0.1, 0.15) is 22.3 Å². The molecule has 0 aliphatic carbocycles. The van der Waals surface area contributed by atoms with Crippen molar-refractivity contribution in [2.75, 3.05) is 32.8 Å². The van der Waals surface area contributed by atoms with Crippen LogP contribution in [0.3, 0.4) is 0 Å². The lowest BCUT2D eigenvalue weighted by atomic mass is 9.92. The Balaban J connectivity index is 1.38. The minimum atomic E-state index is -0.0775. The number of nitrogens with zero attached hydrogens (tertiary/aromatic N) is 2. The zero-order valence-corrected chi connectivity index (χ0v) is 20.1. The molecule has 1 fully saturated rings. The lowest BCUT2D eigenvalue weighted by Gasteiger charge is -2.26. The zero-order chi connectivity index (χ0) is 23.8. The van der Waals surface area contributed by atoms with Crippen molar-refractivity contribution < 1.29 is 9.47 Å². The molecule has 3 heterocycles. The third kappa shape index (κ3) is 4.41. The minimum Gasteiger partial charge on any atom is -0.488 e. The average Bonchev–Trinajstić information content (AvgIpc) is 3.11. The van der Waals surface area contributed by atoms with Gasteiger partial charge in [0, 0.05) is 36.8 Å². The second-order valence-electron chi connectivity index (χ2n) is 8.96.